The topological polar surface area (TPSA) is 21.3 Å². The average molecular weight is 299 g/mol. The van der Waals surface area contributed by atoms with E-state index in [0.29, 0.717) is 11.6 Å². The summed E-state index contributed by atoms with van der Waals surface area (Å²) in [7, 11) is 2.83. The van der Waals surface area contributed by atoms with Gasteiger partial charge in [0.25, 0.3) is 0 Å². The molecule has 0 aromatic heterocycles. The van der Waals surface area contributed by atoms with E-state index in [1.807, 2.05) is 0 Å². The van der Waals surface area contributed by atoms with Crippen LogP contribution in [-0.2, 0) is 0 Å². The lowest BCUT2D eigenvalue weighted by Gasteiger charge is -2.19. The summed E-state index contributed by atoms with van der Waals surface area (Å²) in [5.74, 6) is -3.94. The van der Waals surface area contributed by atoms with E-state index in [-0.39, 0.29) is 11.3 Å². The van der Waals surface area contributed by atoms with Crippen LogP contribution in [-0.4, -0.2) is 14.2 Å². The molecular weight excluding hydrogens is 286 g/mol. The minimum Gasteiger partial charge on any atom is -0.494 e. The van der Waals surface area contributed by atoms with Crippen molar-refractivity contribution in [1.82, 2.24) is 5.32 Å². The van der Waals surface area contributed by atoms with Crippen molar-refractivity contribution >= 4 is 0 Å². The minimum atomic E-state index is -1.27. The highest BCUT2D eigenvalue weighted by atomic mass is 19.2. The number of hydrogen-bond donors (Lipinski definition) is 1. The van der Waals surface area contributed by atoms with Gasteiger partial charge in [0.05, 0.1) is 13.2 Å². The Hall–Kier alpha value is -2.08. The SMILES string of the molecule is CNC(c1ccc(OC)c(F)c1)c1cc(F)c(F)cc1F. The highest BCUT2D eigenvalue weighted by Crippen LogP contribution is 2.28. The summed E-state index contributed by atoms with van der Waals surface area (Å²) in [6, 6.07) is 4.46. The van der Waals surface area contributed by atoms with Crippen LogP contribution in [0.4, 0.5) is 17.6 Å². The lowest BCUT2D eigenvalue weighted by Crippen LogP contribution is -2.19. The van der Waals surface area contributed by atoms with E-state index in [9.17, 15) is 17.6 Å². The molecule has 21 heavy (non-hydrogen) atoms. The van der Waals surface area contributed by atoms with E-state index in [1.165, 1.54) is 26.3 Å². The van der Waals surface area contributed by atoms with Crippen molar-refractivity contribution in [3.63, 3.8) is 0 Å². The first-order valence-corrected chi connectivity index (χ1v) is 6.13. The molecule has 2 rings (SSSR count). The van der Waals surface area contributed by atoms with Crippen molar-refractivity contribution < 1.29 is 22.3 Å². The lowest BCUT2D eigenvalue weighted by atomic mass is 9.98. The van der Waals surface area contributed by atoms with Gasteiger partial charge in [0.1, 0.15) is 5.82 Å². The maximum absolute atomic E-state index is 13.8. The predicted molar refractivity (Wildman–Crippen MR) is 70.2 cm³/mol. The van der Waals surface area contributed by atoms with Gasteiger partial charge >= 0.3 is 0 Å². The maximum atomic E-state index is 13.8. The number of methoxy groups -OCH3 is 1. The Balaban J connectivity index is 2.49. The summed E-state index contributed by atoms with van der Waals surface area (Å²) < 4.78 is 58.6. The molecular formula is C15H13F4NO. The van der Waals surface area contributed by atoms with Gasteiger partial charge in [0.15, 0.2) is 23.2 Å². The van der Waals surface area contributed by atoms with Crippen LogP contribution in [0.3, 0.4) is 0 Å². The molecule has 0 radical (unpaired) electrons. The number of halogens is 4. The number of nitrogens with one attached hydrogen (secondary N) is 1. The van der Waals surface area contributed by atoms with Crippen molar-refractivity contribution in [3.8, 4) is 5.75 Å². The molecule has 0 fully saturated rings. The Bertz CT molecular complexity index is 660. The van der Waals surface area contributed by atoms with Crippen LogP contribution in [0.5, 0.6) is 5.75 Å². The van der Waals surface area contributed by atoms with E-state index in [2.05, 4.69) is 5.32 Å². The van der Waals surface area contributed by atoms with Crippen molar-refractivity contribution in [2.75, 3.05) is 14.2 Å². The molecule has 6 heteroatoms. The van der Waals surface area contributed by atoms with Crippen LogP contribution >= 0.6 is 0 Å². The van der Waals surface area contributed by atoms with Crippen LogP contribution < -0.4 is 10.1 Å². The number of hydrogen-bond acceptors (Lipinski definition) is 2. The zero-order valence-corrected chi connectivity index (χ0v) is 11.4. The number of benzene rings is 2. The van der Waals surface area contributed by atoms with Gasteiger partial charge in [0, 0.05) is 11.6 Å². The second-order valence-corrected chi connectivity index (χ2v) is 4.40. The molecule has 0 saturated heterocycles. The lowest BCUT2D eigenvalue weighted by molar-refractivity contribution is 0.385. The summed E-state index contributed by atoms with van der Waals surface area (Å²) in [5.41, 5.74) is 0.252. The van der Waals surface area contributed by atoms with Crippen LogP contribution in [0.1, 0.15) is 17.2 Å². The van der Waals surface area contributed by atoms with Crippen LogP contribution in [0.15, 0.2) is 30.3 Å². The Labute approximate surface area is 119 Å². The molecule has 0 amide bonds. The van der Waals surface area contributed by atoms with E-state index >= 15 is 0 Å². The maximum Gasteiger partial charge on any atom is 0.165 e. The number of ether oxygens (including phenoxy) is 1. The molecule has 0 heterocycles. The fourth-order valence-electron chi connectivity index (χ4n) is 2.12. The summed E-state index contributed by atoms with van der Waals surface area (Å²) >= 11 is 0. The van der Waals surface area contributed by atoms with Gasteiger partial charge in [-0.05, 0) is 30.8 Å². The first-order valence-electron chi connectivity index (χ1n) is 6.13. The van der Waals surface area contributed by atoms with Gasteiger partial charge in [-0.1, -0.05) is 6.07 Å². The average Bonchev–Trinajstić information content (AvgIpc) is 2.45. The number of rotatable bonds is 4. The second-order valence-electron chi connectivity index (χ2n) is 4.40. The van der Waals surface area contributed by atoms with Gasteiger partial charge < -0.3 is 10.1 Å². The van der Waals surface area contributed by atoms with Crippen LogP contribution in [0.2, 0.25) is 0 Å². The zero-order chi connectivity index (χ0) is 15.6. The molecule has 1 atom stereocenters. The standard InChI is InChI=1S/C15H13F4NO/c1-20-15(8-3-4-14(21-2)13(19)5-8)9-6-11(17)12(18)7-10(9)16/h3-7,15,20H,1-2H3. The Morgan fingerprint density at radius 1 is 0.905 bits per heavy atom. The highest BCUT2D eigenvalue weighted by molar-refractivity contribution is 5.37. The van der Waals surface area contributed by atoms with E-state index < -0.39 is 29.3 Å². The molecule has 2 nitrogen and oxygen atoms in total. The molecule has 0 bridgehead atoms. The molecule has 0 aliphatic heterocycles. The van der Waals surface area contributed by atoms with E-state index in [0.717, 1.165) is 12.1 Å². The largest absolute Gasteiger partial charge is 0.494 e. The molecule has 0 aliphatic rings. The van der Waals surface area contributed by atoms with Gasteiger partial charge in [0.2, 0.25) is 0 Å². The first kappa shape index (κ1) is 15.3. The Morgan fingerprint density at radius 2 is 1.57 bits per heavy atom. The molecule has 1 N–H and O–H groups in total. The van der Waals surface area contributed by atoms with Crippen molar-refractivity contribution in [1.29, 1.82) is 0 Å². The van der Waals surface area contributed by atoms with E-state index in [1.54, 1.807) is 0 Å². The summed E-state index contributed by atoms with van der Waals surface area (Å²) in [6.07, 6.45) is 0. The van der Waals surface area contributed by atoms with Gasteiger partial charge in [-0.25, -0.2) is 17.6 Å². The third-order valence-corrected chi connectivity index (χ3v) is 3.15. The third kappa shape index (κ3) is 3.00. The fraction of sp³-hybridized carbons (Fsp3) is 0.200. The quantitative estimate of drug-likeness (QED) is 0.688. The first-order chi connectivity index (χ1) is 9.97. The predicted octanol–water partition coefficient (Wildman–Crippen LogP) is 3.56. The molecule has 112 valence electrons. The molecule has 2 aromatic rings. The highest BCUT2D eigenvalue weighted by Gasteiger charge is 2.20. The van der Waals surface area contributed by atoms with Crippen molar-refractivity contribution in [2.45, 2.75) is 6.04 Å². The summed E-state index contributed by atoms with van der Waals surface area (Å²) in [5, 5.41) is 2.75. The van der Waals surface area contributed by atoms with E-state index in [4.69, 9.17) is 4.74 Å². The summed E-state index contributed by atoms with van der Waals surface area (Å²) in [4.78, 5) is 0. The zero-order valence-electron chi connectivity index (χ0n) is 11.4. The summed E-state index contributed by atoms with van der Waals surface area (Å²) in [6.45, 7) is 0. The third-order valence-electron chi connectivity index (χ3n) is 3.15. The van der Waals surface area contributed by atoms with Crippen molar-refractivity contribution in [3.05, 3.63) is 64.7 Å². The van der Waals surface area contributed by atoms with Crippen LogP contribution in [0, 0.1) is 23.3 Å². The van der Waals surface area contributed by atoms with Crippen molar-refractivity contribution in [2.24, 2.45) is 0 Å². The van der Waals surface area contributed by atoms with Gasteiger partial charge in [-0.15, -0.1) is 0 Å². The Morgan fingerprint density at radius 3 is 2.14 bits per heavy atom. The fourth-order valence-corrected chi connectivity index (χ4v) is 2.12. The molecule has 2 aromatic carbocycles. The monoisotopic (exact) mass is 299 g/mol. The Kier molecular flexibility index (Phi) is 4.47. The van der Waals surface area contributed by atoms with Gasteiger partial charge in [-0.2, -0.15) is 0 Å². The van der Waals surface area contributed by atoms with Gasteiger partial charge in [-0.3, -0.25) is 0 Å². The minimum absolute atomic E-state index is 0.0411. The smallest absolute Gasteiger partial charge is 0.165 e. The molecule has 0 spiro atoms. The second kappa shape index (κ2) is 6.13. The molecule has 0 saturated carbocycles. The normalized spacial score (nSPS) is 12.3. The molecule has 1 unspecified atom stereocenters. The molecule has 0 aliphatic carbocycles. The van der Waals surface area contributed by atoms with Crippen LogP contribution in [0.25, 0.3) is 0 Å².